The minimum absolute atomic E-state index is 0.0373. The van der Waals surface area contributed by atoms with Gasteiger partial charge in [0.2, 0.25) is 0 Å². The topological polar surface area (TPSA) is 29.1 Å². The summed E-state index contributed by atoms with van der Waals surface area (Å²) >= 11 is 0. The summed E-state index contributed by atoms with van der Waals surface area (Å²) < 4.78 is 55.3. The van der Waals surface area contributed by atoms with Crippen molar-refractivity contribution in [1.29, 1.82) is 0 Å². The molecule has 0 radical (unpaired) electrons. The van der Waals surface area contributed by atoms with Crippen LogP contribution in [0.2, 0.25) is 0 Å². The maximum absolute atomic E-state index is 15.4. The Balaban J connectivity index is 1.55. The third kappa shape index (κ3) is 4.76. The highest BCUT2D eigenvalue weighted by Gasteiger charge is 2.38. The standard InChI is InChI=1S/C34H27F3NOP/c35-34(36,37)26-21-19-25(20-22-26)31-23-30(24-11-4-1-5-12-24)29-17-10-18-32(33(29)38-31)40(39,27-13-6-2-7-14-27)28-15-8-3-9-16-28/h1-22,30-31,38H,23H2/t30-,31+/m1/s1. The highest BCUT2D eigenvalue weighted by Crippen LogP contribution is 2.50. The molecule has 0 aliphatic carbocycles. The molecule has 0 spiro atoms. The van der Waals surface area contributed by atoms with E-state index in [-0.39, 0.29) is 12.0 Å². The van der Waals surface area contributed by atoms with Crippen LogP contribution in [0.1, 0.15) is 40.6 Å². The maximum atomic E-state index is 15.4. The van der Waals surface area contributed by atoms with Crippen LogP contribution in [0.5, 0.6) is 0 Å². The summed E-state index contributed by atoms with van der Waals surface area (Å²) in [6.07, 6.45) is -3.75. The summed E-state index contributed by atoms with van der Waals surface area (Å²) in [5.41, 5.74) is 2.99. The summed E-state index contributed by atoms with van der Waals surface area (Å²) in [5.74, 6) is -0.0373. The molecule has 0 amide bonds. The normalized spacial score (nSPS) is 17.1. The van der Waals surface area contributed by atoms with Crippen molar-refractivity contribution in [3.05, 3.63) is 156 Å². The number of hydrogen-bond donors (Lipinski definition) is 1. The van der Waals surface area contributed by atoms with E-state index < -0.39 is 18.9 Å². The number of halogens is 3. The summed E-state index contributed by atoms with van der Waals surface area (Å²) in [4.78, 5) is 0. The molecule has 0 saturated heterocycles. The zero-order valence-corrected chi connectivity index (χ0v) is 22.4. The van der Waals surface area contributed by atoms with E-state index in [1.807, 2.05) is 91.0 Å². The molecule has 2 atom stereocenters. The smallest absolute Gasteiger partial charge is 0.377 e. The van der Waals surface area contributed by atoms with Crippen LogP contribution in [0.3, 0.4) is 0 Å². The van der Waals surface area contributed by atoms with Gasteiger partial charge in [-0.1, -0.05) is 115 Å². The van der Waals surface area contributed by atoms with Crippen LogP contribution in [-0.2, 0) is 10.7 Å². The fraction of sp³-hybridized carbons (Fsp3) is 0.118. The van der Waals surface area contributed by atoms with Gasteiger partial charge in [-0.05, 0) is 41.3 Å². The Labute approximate surface area is 231 Å². The van der Waals surface area contributed by atoms with E-state index in [4.69, 9.17) is 0 Å². The summed E-state index contributed by atoms with van der Waals surface area (Å²) in [5, 5.41) is 5.78. The Morgan fingerprint density at radius 1 is 0.625 bits per heavy atom. The minimum Gasteiger partial charge on any atom is -0.377 e. The molecule has 5 aromatic carbocycles. The molecule has 1 heterocycles. The van der Waals surface area contributed by atoms with Gasteiger partial charge in [0.25, 0.3) is 0 Å². The van der Waals surface area contributed by atoms with Crippen molar-refractivity contribution in [2.45, 2.75) is 24.6 Å². The lowest BCUT2D eigenvalue weighted by atomic mass is 9.80. The van der Waals surface area contributed by atoms with E-state index in [0.29, 0.717) is 11.7 Å². The second-order valence-corrected chi connectivity index (χ2v) is 12.8. The Hall–Kier alpha value is -4.08. The maximum Gasteiger partial charge on any atom is 0.416 e. The van der Waals surface area contributed by atoms with Crippen LogP contribution >= 0.6 is 7.14 Å². The van der Waals surface area contributed by atoms with Gasteiger partial charge in [-0.25, -0.2) is 0 Å². The molecule has 1 N–H and O–H groups in total. The van der Waals surface area contributed by atoms with Gasteiger partial charge in [0.05, 0.1) is 11.6 Å². The van der Waals surface area contributed by atoms with Gasteiger partial charge in [0, 0.05) is 27.5 Å². The van der Waals surface area contributed by atoms with Crippen LogP contribution in [-0.4, -0.2) is 0 Å². The Morgan fingerprint density at radius 2 is 1.18 bits per heavy atom. The van der Waals surface area contributed by atoms with E-state index in [1.54, 1.807) is 12.1 Å². The molecule has 5 aromatic rings. The zero-order chi connectivity index (χ0) is 27.7. The van der Waals surface area contributed by atoms with E-state index in [2.05, 4.69) is 23.5 Å². The van der Waals surface area contributed by atoms with Gasteiger partial charge in [-0.15, -0.1) is 0 Å². The molecule has 0 saturated carbocycles. The number of fused-ring (bicyclic) bond motifs is 1. The number of rotatable bonds is 5. The van der Waals surface area contributed by atoms with Gasteiger partial charge in [-0.3, -0.25) is 0 Å². The molecular formula is C34H27F3NOP. The minimum atomic E-state index is -4.40. The van der Waals surface area contributed by atoms with Crippen molar-refractivity contribution in [2.24, 2.45) is 0 Å². The summed E-state index contributed by atoms with van der Waals surface area (Å²) in [6.45, 7) is 0. The predicted molar refractivity (Wildman–Crippen MR) is 157 cm³/mol. The van der Waals surface area contributed by atoms with Gasteiger partial charge in [-0.2, -0.15) is 13.2 Å². The first-order valence-corrected chi connectivity index (χ1v) is 14.9. The highest BCUT2D eigenvalue weighted by atomic mass is 31.2. The predicted octanol–water partition coefficient (Wildman–Crippen LogP) is 8.03. The Bertz CT molecular complexity index is 1610. The van der Waals surface area contributed by atoms with E-state index in [1.165, 1.54) is 0 Å². The molecule has 1 aliphatic heterocycles. The lowest BCUT2D eigenvalue weighted by Gasteiger charge is -2.36. The van der Waals surface area contributed by atoms with Crippen LogP contribution < -0.4 is 21.2 Å². The highest BCUT2D eigenvalue weighted by molar-refractivity contribution is 7.85. The quantitative estimate of drug-likeness (QED) is 0.223. The molecule has 6 rings (SSSR count). The first kappa shape index (κ1) is 26.2. The number of benzene rings is 5. The second kappa shape index (κ2) is 10.5. The van der Waals surface area contributed by atoms with Gasteiger partial charge >= 0.3 is 6.18 Å². The SMILES string of the molecule is O=P(c1ccccc1)(c1ccccc1)c1cccc2c1N[C@H](c1ccc(C(F)(F)F)cc1)C[C@@H]2c1ccccc1. The lowest BCUT2D eigenvalue weighted by molar-refractivity contribution is -0.137. The molecule has 40 heavy (non-hydrogen) atoms. The van der Waals surface area contributed by atoms with E-state index in [9.17, 15) is 13.2 Å². The fourth-order valence-corrected chi connectivity index (χ4v) is 8.53. The number of anilines is 1. The summed E-state index contributed by atoms with van der Waals surface area (Å²) in [7, 11) is -3.31. The van der Waals surface area contributed by atoms with Gasteiger partial charge in [0.1, 0.15) is 0 Å². The van der Waals surface area contributed by atoms with Gasteiger partial charge in [0.15, 0.2) is 7.14 Å². The number of hydrogen-bond acceptors (Lipinski definition) is 2. The van der Waals surface area contributed by atoms with Gasteiger partial charge < -0.3 is 9.88 Å². The fourth-order valence-electron chi connectivity index (χ4n) is 5.69. The Morgan fingerprint density at radius 3 is 1.73 bits per heavy atom. The van der Waals surface area contributed by atoms with E-state index >= 15 is 4.57 Å². The third-order valence-corrected chi connectivity index (χ3v) is 10.8. The average molecular weight is 554 g/mol. The monoisotopic (exact) mass is 553 g/mol. The molecule has 6 heteroatoms. The molecule has 0 bridgehead atoms. The molecule has 0 unspecified atom stereocenters. The van der Waals surface area contributed by atoms with Crippen molar-refractivity contribution in [2.75, 3.05) is 5.32 Å². The Kier molecular flexibility index (Phi) is 6.85. The summed E-state index contributed by atoms with van der Waals surface area (Å²) in [6, 6.07) is 40.1. The average Bonchev–Trinajstić information content (AvgIpc) is 3.01. The first-order chi connectivity index (χ1) is 19.4. The molecule has 1 aliphatic rings. The van der Waals surface area contributed by atoms with Crippen LogP contribution in [0, 0.1) is 0 Å². The van der Waals surface area contributed by atoms with Crippen LogP contribution in [0.4, 0.5) is 18.9 Å². The number of para-hydroxylation sites is 1. The molecule has 2 nitrogen and oxygen atoms in total. The van der Waals surface area contributed by atoms with E-state index in [0.717, 1.165) is 45.1 Å². The van der Waals surface area contributed by atoms with Crippen molar-refractivity contribution in [3.8, 4) is 0 Å². The van der Waals surface area contributed by atoms with Crippen LogP contribution in [0.25, 0.3) is 0 Å². The van der Waals surface area contributed by atoms with Crippen molar-refractivity contribution in [3.63, 3.8) is 0 Å². The second-order valence-electron chi connectivity index (χ2n) is 10.0. The molecular weight excluding hydrogens is 526 g/mol. The van der Waals surface area contributed by atoms with Crippen LogP contribution in [0.15, 0.2) is 133 Å². The van der Waals surface area contributed by atoms with Crippen molar-refractivity contribution >= 4 is 28.7 Å². The number of nitrogens with one attached hydrogen (secondary N) is 1. The molecule has 0 fully saturated rings. The molecule has 0 aromatic heterocycles. The lowest BCUT2D eigenvalue weighted by Crippen LogP contribution is -2.32. The largest absolute Gasteiger partial charge is 0.416 e. The van der Waals surface area contributed by atoms with Crippen molar-refractivity contribution < 1.29 is 17.7 Å². The van der Waals surface area contributed by atoms with Crippen molar-refractivity contribution in [1.82, 2.24) is 0 Å². The zero-order valence-electron chi connectivity index (χ0n) is 21.6. The third-order valence-electron chi connectivity index (χ3n) is 7.66. The first-order valence-electron chi connectivity index (χ1n) is 13.2. The number of alkyl halides is 3. The molecule has 200 valence electrons.